The summed E-state index contributed by atoms with van der Waals surface area (Å²) < 4.78 is 65.2. The van der Waals surface area contributed by atoms with Crippen LogP contribution in [0.3, 0.4) is 0 Å². The number of nitrogens with zero attached hydrogens (tertiary/aromatic N) is 1. The van der Waals surface area contributed by atoms with E-state index in [2.05, 4.69) is 0 Å². The summed E-state index contributed by atoms with van der Waals surface area (Å²) in [6.45, 7) is 0.272. The van der Waals surface area contributed by atoms with Crippen LogP contribution in [0, 0.1) is 0 Å². The summed E-state index contributed by atoms with van der Waals surface area (Å²) in [7, 11) is -9.61. The Morgan fingerprint density at radius 3 is 2.13 bits per heavy atom. The molecule has 0 atom stereocenters. The maximum Gasteiger partial charge on any atom is 0.310 e. The van der Waals surface area contributed by atoms with E-state index in [1.54, 1.807) is 24.4 Å². The second-order valence-electron chi connectivity index (χ2n) is 5.37. The summed E-state index contributed by atoms with van der Waals surface area (Å²) in [6.07, 6.45) is 1.77. The molecule has 8 heteroatoms. The zero-order chi connectivity index (χ0) is 16.9. The zero-order valence-electron chi connectivity index (χ0n) is 11.7. The lowest BCUT2D eigenvalue weighted by atomic mass is 10.2. The van der Waals surface area contributed by atoms with Gasteiger partial charge in [-0.25, -0.2) is 0 Å². The molecule has 0 radical (unpaired) electrons. The van der Waals surface area contributed by atoms with Crippen LogP contribution in [-0.4, -0.2) is 4.57 Å². The monoisotopic (exact) mass is 348 g/mol. The van der Waals surface area contributed by atoms with Gasteiger partial charge in [0, 0.05) is 29.3 Å². The van der Waals surface area contributed by atoms with Crippen molar-refractivity contribution in [3.05, 3.63) is 60.3 Å². The molecular weight excluding hydrogens is 335 g/mol. The average molecular weight is 348 g/mol. The minimum absolute atomic E-state index is 0.272. The zero-order valence-corrected chi connectivity index (χ0v) is 12.5. The van der Waals surface area contributed by atoms with Crippen molar-refractivity contribution in [2.24, 2.45) is 0 Å². The van der Waals surface area contributed by atoms with Gasteiger partial charge in [-0.05, 0) is 42.0 Å². The Labute approximate surface area is 129 Å². The van der Waals surface area contributed by atoms with Gasteiger partial charge in [0.05, 0.1) is 0 Å². The highest BCUT2D eigenvalue weighted by atomic mass is 32.5. The van der Waals surface area contributed by atoms with Gasteiger partial charge in [-0.2, -0.15) is 0 Å². The maximum absolute atomic E-state index is 12.7. The third-order valence-electron chi connectivity index (χ3n) is 3.52. The van der Waals surface area contributed by atoms with E-state index in [0.717, 1.165) is 23.0 Å². The highest BCUT2D eigenvalue weighted by Crippen LogP contribution is 3.02. The molecule has 0 saturated heterocycles. The number of halogens is 5. The SMILES string of the molecule is Nc1ccc2c(ccn2Cc2ccc(S(F)(F)(F)(F)F)cc2)c1. The molecule has 124 valence electrons. The van der Waals surface area contributed by atoms with Crippen LogP contribution >= 0.6 is 10.2 Å². The topological polar surface area (TPSA) is 30.9 Å². The molecular formula is C15H13F5N2S. The Balaban J connectivity index is 1.92. The summed E-state index contributed by atoms with van der Waals surface area (Å²) in [6, 6.07) is 10.1. The van der Waals surface area contributed by atoms with Gasteiger partial charge in [-0.3, -0.25) is 0 Å². The van der Waals surface area contributed by atoms with Crippen LogP contribution in [0.2, 0.25) is 0 Å². The predicted octanol–water partition coefficient (Wildman–Crippen LogP) is 5.93. The van der Waals surface area contributed by atoms with Crippen molar-refractivity contribution in [2.75, 3.05) is 5.73 Å². The predicted molar refractivity (Wildman–Crippen MR) is 83.3 cm³/mol. The summed E-state index contributed by atoms with van der Waals surface area (Å²) in [5.41, 5.74) is 7.64. The van der Waals surface area contributed by atoms with Crippen molar-refractivity contribution in [3.63, 3.8) is 0 Å². The number of fused-ring (bicyclic) bond motifs is 1. The Hall–Kier alpha value is -2.22. The highest BCUT2D eigenvalue weighted by molar-refractivity contribution is 8.45. The minimum Gasteiger partial charge on any atom is -0.399 e. The Morgan fingerprint density at radius 1 is 0.870 bits per heavy atom. The van der Waals surface area contributed by atoms with Crippen LogP contribution in [0.15, 0.2) is 59.6 Å². The van der Waals surface area contributed by atoms with Gasteiger partial charge in [0.2, 0.25) is 0 Å². The first-order chi connectivity index (χ1) is 10.4. The fourth-order valence-corrected chi connectivity index (χ4v) is 3.06. The second-order valence-corrected chi connectivity index (χ2v) is 7.78. The fourth-order valence-electron chi connectivity index (χ4n) is 2.41. The summed E-state index contributed by atoms with van der Waals surface area (Å²) >= 11 is 0. The van der Waals surface area contributed by atoms with E-state index >= 15 is 0 Å². The van der Waals surface area contributed by atoms with Crippen LogP contribution in [0.5, 0.6) is 0 Å². The number of aromatic nitrogens is 1. The third kappa shape index (κ3) is 3.26. The molecule has 2 aromatic carbocycles. The third-order valence-corrected chi connectivity index (χ3v) is 4.68. The smallest absolute Gasteiger partial charge is 0.310 e. The number of nitrogens with two attached hydrogens (primary N) is 1. The number of benzene rings is 2. The molecule has 0 spiro atoms. The summed E-state index contributed by atoms with van der Waals surface area (Å²) in [5.74, 6) is 0. The van der Waals surface area contributed by atoms with Gasteiger partial charge in [-0.1, -0.05) is 31.6 Å². The van der Waals surface area contributed by atoms with Crippen LogP contribution in [0.25, 0.3) is 10.9 Å². The van der Waals surface area contributed by atoms with Gasteiger partial charge in [0.1, 0.15) is 4.90 Å². The van der Waals surface area contributed by atoms with Gasteiger partial charge >= 0.3 is 10.2 Å². The van der Waals surface area contributed by atoms with Gasteiger partial charge in [0.25, 0.3) is 0 Å². The van der Waals surface area contributed by atoms with Crippen LogP contribution in [0.4, 0.5) is 25.1 Å². The molecule has 0 unspecified atom stereocenters. The van der Waals surface area contributed by atoms with Gasteiger partial charge in [-0.15, -0.1) is 0 Å². The van der Waals surface area contributed by atoms with Gasteiger partial charge in [0.15, 0.2) is 0 Å². The molecule has 0 aliphatic rings. The Bertz CT molecular complexity index is 882. The molecule has 0 aliphatic heterocycles. The quantitative estimate of drug-likeness (QED) is 0.462. The molecule has 2 N–H and O–H groups in total. The molecule has 0 bridgehead atoms. The van der Waals surface area contributed by atoms with E-state index in [4.69, 9.17) is 5.73 Å². The molecule has 0 aliphatic carbocycles. The maximum atomic E-state index is 12.7. The largest absolute Gasteiger partial charge is 0.399 e. The number of hydrogen-bond acceptors (Lipinski definition) is 1. The van der Waals surface area contributed by atoms with E-state index in [9.17, 15) is 19.4 Å². The minimum atomic E-state index is -9.61. The lowest BCUT2D eigenvalue weighted by molar-refractivity contribution is 0.364. The average Bonchev–Trinajstić information content (AvgIpc) is 2.79. The molecule has 3 aromatic rings. The van der Waals surface area contributed by atoms with Crippen LogP contribution in [0.1, 0.15) is 5.56 Å². The molecule has 3 rings (SSSR count). The standard InChI is InChI=1S/C15H13F5N2S/c16-23(17,18,19,20)14-4-1-11(2-5-14)10-22-8-7-12-9-13(21)3-6-15(12)22/h1-9H,10,21H2. The second kappa shape index (κ2) is 4.19. The van der Waals surface area contributed by atoms with Crippen molar-refractivity contribution >= 4 is 26.8 Å². The van der Waals surface area contributed by atoms with E-state index in [0.29, 0.717) is 23.4 Å². The lowest BCUT2D eigenvalue weighted by Gasteiger charge is -2.40. The number of nitrogen functional groups attached to an aromatic ring is 1. The molecule has 23 heavy (non-hydrogen) atoms. The number of anilines is 1. The van der Waals surface area contributed by atoms with Crippen molar-refractivity contribution in [2.45, 2.75) is 11.4 Å². The number of hydrogen-bond donors (Lipinski definition) is 1. The van der Waals surface area contributed by atoms with E-state index in [1.165, 1.54) is 0 Å². The van der Waals surface area contributed by atoms with E-state index < -0.39 is 15.1 Å². The van der Waals surface area contributed by atoms with Gasteiger partial charge < -0.3 is 10.3 Å². The molecule has 0 fully saturated rings. The molecule has 0 amide bonds. The molecule has 1 aromatic heterocycles. The molecule has 1 heterocycles. The molecule has 0 saturated carbocycles. The Morgan fingerprint density at radius 2 is 1.52 bits per heavy atom. The highest BCUT2D eigenvalue weighted by Gasteiger charge is 2.65. The normalized spacial score (nSPS) is 15.3. The van der Waals surface area contributed by atoms with Crippen LogP contribution < -0.4 is 5.73 Å². The van der Waals surface area contributed by atoms with E-state index in [1.807, 2.05) is 10.6 Å². The first-order valence-electron chi connectivity index (χ1n) is 6.60. The number of rotatable bonds is 3. The fraction of sp³-hybridized carbons (Fsp3) is 0.0667. The molecule has 2 nitrogen and oxygen atoms in total. The van der Waals surface area contributed by atoms with Crippen LogP contribution in [-0.2, 0) is 6.54 Å². The first-order valence-corrected chi connectivity index (χ1v) is 8.55. The van der Waals surface area contributed by atoms with E-state index in [-0.39, 0.29) is 6.54 Å². The van der Waals surface area contributed by atoms with Crippen molar-refractivity contribution in [1.82, 2.24) is 4.57 Å². The Kier molecular flexibility index (Phi) is 2.86. The first kappa shape index (κ1) is 15.7. The van der Waals surface area contributed by atoms with Crippen molar-refractivity contribution < 1.29 is 19.4 Å². The summed E-state index contributed by atoms with van der Waals surface area (Å²) in [5, 5.41) is 0.897. The lowest BCUT2D eigenvalue weighted by Crippen LogP contribution is -2.06. The summed E-state index contributed by atoms with van der Waals surface area (Å²) in [4.78, 5) is -1.88. The van der Waals surface area contributed by atoms with Crippen molar-refractivity contribution in [1.29, 1.82) is 0 Å². The van der Waals surface area contributed by atoms with Crippen molar-refractivity contribution in [3.8, 4) is 0 Å².